The molecule has 4 heteroatoms. The lowest BCUT2D eigenvalue weighted by atomic mass is 10.1. The number of carbonyl (C=O) groups is 1. The van der Waals surface area contributed by atoms with E-state index in [0.717, 1.165) is 18.4 Å². The first kappa shape index (κ1) is 13.3. The van der Waals surface area contributed by atoms with Crippen LogP contribution in [0.5, 0.6) is 5.75 Å². The highest BCUT2D eigenvalue weighted by atomic mass is 32.2. The van der Waals surface area contributed by atoms with Crippen molar-refractivity contribution in [3.8, 4) is 5.75 Å². The summed E-state index contributed by atoms with van der Waals surface area (Å²) in [5.74, 6) is 0.173. The molecule has 0 saturated heterocycles. The number of carbonyl (C=O) groups excluding carboxylic acids is 1. The number of nitrogens with one attached hydrogen (secondary N) is 1. The van der Waals surface area contributed by atoms with Gasteiger partial charge in [-0.05, 0) is 56.2 Å². The van der Waals surface area contributed by atoms with Gasteiger partial charge in [0, 0.05) is 16.9 Å². The van der Waals surface area contributed by atoms with E-state index >= 15 is 0 Å². The third-order valence-corrected chi connectivity index (χ3v) is 4.60. The van der Waals surface area contributed by atoms with Crippen molar-refractivity contribution in [1.29, 1.82) is 0 Å². The lowest BCUT2D eigenvalue weighted by Gasteiger charge is -2.14. The van der Waals surface area contributed by atoms with Crippen LogP contribution in [0.4, 0.5) is 0 Å². The highest BCUT2D eigenvalue weighted by Crippen LogP contribution is 2.28. The van der Waals surface area contributed by atoms with Gasteiger partial charge >= 0.3 is 0 Å². The van der Waals surface area contributed by atoms with Gasteiger partial charge in [-0.15, -0.1) is 0 Å². The maximum atomic E-state index is 12.1. The summed E-state index contributed by atoms with van der Waals surface area (Å²) in [6, 6.07) is 5.15. The molecule has 1 amide bonds. The molecule has 2 N–H and O–H groups in total. The number of phenols is 1. The van der Waals surface area contributed by atoms with E-state index in [-0.39, 0.29) is 11.7 Å². The Hall–Kier alpha value is -1.16. The highest BCUT2D eigenvalue weighted by Gasteiger charge is 2.25. The van der Waals surface area contributed by atoms with Gasteiger partial charge in [0.05, 0.1) is 0 Å². The van der Waals surface area contributed by atoms with Crippen molar-refractivity contribution in [2.24, 2.45) is 0 Å². The number of aryl methyl sites for hydroxylation is 1. The molecule has 1 fully saturated rings. The first-order chi connectivity index (χ1) is 8.60. The Bertz CT molecular complexity index is 447. The third kappa shape index (κ3) is 2.99. The van der Waals surface area contributed by atoms with Crippen LogP contribution in [0.15, 0.2) is 18.2 Å². The lowest BCUT2D eigenvalue weighted by molar-refractivity contribution is 0.0937. The van der Waals surface area contributed by atoms with Crippen LogP contribution < -0.4 is 5.32 Å². The first-order valence-corrected chi connectivity index (χ1v) is 7.52. The molecule has 0 bridgehead atoms. The van der Waals surface area contributed by atoms with Crippen molar-refractivity contribution in [3.05, 3.63) is 29.3 Å². The largest absolute Gasteiger partial charge is 0.508 e. The molecule has 0 spiro atoms. The molecule has 0 aliphatic heterocycles. The zero-order chi connectivity index (χ0) is 13.1. The van der Waals surface area contributed by atoms with Crippen LogP contribution in [0.25, 0.3) is 0 Å². The van der Waals surface area contributed by atoms with Crippen molar-refractivity contribution in [1.82, 2.24) is 5.32 Å². The Morgan fingerprint density at radius 1 is 1.44 bits per heavy atom. The summed E-state index contributed by atoms with van der Waals surface area (Å²) in [7, 11) is 0. The van der Waals surface area contributed by atoms with E-state index in [1.165, 1.54) is 6.42 Å². The van der Waals surface area contributed by atoms with Crippen LogP contribution in [0.2, 0.25) is 0 Å². The summed E-state index contributed by atoms with van der Waals surface area (Å²) < 4.78 is 0. The van der Waals surface area contributed by atoms with Crippen LogP contribution in [0.1, 0.15) is 35.2 Å². The second kappa shape index (κ2) is 5.65. The number of amides is 1. The molecule has 1 aromatic rings. The molecular formula is C14H19NO2S. The Kier molecular flexibility index (Phi) is 4.17. The minimum atomic E-state index is -0.0285. The summed E-state index contributed by atoms with van der Waals surface area (Å²) >= 11 is 1.88. The van der Waals surface area contributed by atoms with E-state index in [1.807, 2.05) is 18.7 Å². The van der Waals surface area contributed by atoms with Gasteiger partial charge in [0.15, 0.2) is 0 Å². The first-order valence-electron chi connectivity index (χ1n) is 6.23. The van der Waals surface area contributed by atoms with Gasteiger partial charge in [-0.3, -0.25) is 4.79 Å². The number of thioether (sulfide) groups is 1. The molecule has 98 valence electrons. The molecule has 0 radical (unpaired) electrons. The molecule has 0 aromatic heterocycles. The van der Waals surface area contributed by atoms with Crippen molar-refractivity contribution in [2.45, 2.75) is 37.5 Å². The minimum absolute atomic E-state index is 0.0285. The molecule has 18 heavy (non-hydrogen) atoms. The molecule has 1 aliphatic carbocycles. The standard InChI is InChI=1S/C14H19NO2S/c1-9-7-11(16)4-6-13(9)14(17)15-10-3-5-12(8-10)18-2/h4,6-7,10,12,16H,3,5,8H2,1-2H3,(H,15,17). The fourth-order valence-corrected chi connectivity index (χ4v) is 3.25. The second-order valence-electron chi connectivity index (χ2n) is 4.84. The van der Waals surface area contributed by atoms with Crippen LogP contribution in [-0.2, 0) is 0 Å². The highest BCUT2D eigenvalue weighted by molar-refractivity contribution is 7.99. The third-order valence-electron chi connectivity index (χ3n) is 3.51. The minimum Gasteiger partial charge on any atom is -0.508 e. The van der Waals surface area contributed by atoms with Gasteiger partial charge in [-0.2, -0.15) is 11.8 Å². The van der Waals surface area contributed by atoms with Crippen molar-refractivity contribution in [3.63, 3.8) is 0 Å². The predicted molar refractivity (Wildman–Crippen MR) is 75.3 cm³/mol. The molecule has 1 aliphatic rings. The normalized spacial score (nSPS) is 23.0. The summed E-state index contributed by atoms with van der Waals surface area (Å²) in [5.41, 5.74) is 1.47. The van der Waals surface area contributed by atoms with E-state index in [2.05, 4.69) is 11.6 Å². The van der Waals surface area contributed by atoms with E-state index in [4.69, 9.17) is 0 Å². The maximum absolute atomic E-state index is 12.1. The Morgan fingerprint density at radius 2 is 2.22 bits per heavy atom. The van der Waals surface area contributed by atoms with Gasteiger partial charge < -0.3 is 10.4 Å². The van der Waals surface area contributed by atoms with Gasteiger partial charge in [0.2, 0.25) is 0 Å². The number of aromatic hydroxyl groups is 1. The van der Waals surface area contributed by atoms with Gasteiger partial charge in [-0.25, -0.2) is 0 Å². The summed E-state index contributed by atoms with van der Waals surface area (Å²) in [5, 5.41) is 13.1. The second-order valence-corrected chi connectivity index (χ2v) is 5.98. The van der Waals surface area contributed by atoms with E-state index < -0.39 is 0 Å². The van der Waals surface area contributed by atoms with Gasteiger partial charge in [0.1, 0.15) is 5.75 Å². The summed E-state index contributed by atoms with van der Waals surface area (Å²) in [6.45, 7) is 1.84. The number of hydrogen-bond donors (Lipinski definition) is 2. The van der Waals surface area contributed by atoms with Crippen LogP contribution in [-0.4, -0.2) is 28.6 Å². The fraction of sp³-hybridized carbons (Fsp3) is 0.500. The molecule has 3 nitrogen and oxygen atoms in total. The quantitative estimate of drug-likeness (QED) is 0.883. The van der Waals surface area contributed by atoms with E-state index in [9.17, 15) is 9.90 Å². The average Bonchev–Trinajstić information content (AvgIpc) is 2.76. The molecule has 2 rings (SSSR count). The summed E-state index contributed by atoms with van der Waals surface area (Å²) in [6.07, 6.45) is 5.43. The predicted octanol–water partition coefficient (Wildman–Crippen LogP) is 2.71. The number of phenolic OH excluding ortho intramolecular Hbond substituents is 1. The monoisotopic (exact) mass is 265 g/mol. The van der Waals surface area contributed by atoms with Crippen LogP contribution >= 0.6 is 11.8 Å². The van der Waals surface area contributed by atoms with Crippen molar-refractivity contribution in [2.75, 3.05) is 6.26 Å². The van der Waals surface area contributed by atoms with Crippen LogP contribution in [0.3, 0.4) is 0 Å². The zero-order valence-corrected chi connectivity index (χ0v) is 11.6. The smallest absolute Gasteiger partial charge is 0.251 e. The Balaban J connectivity index is 2.00. The van der Waals surface area contributed by atoms with Gasteiger partial charge in [-0.1, -0.05) is 0 Å². The van der Waals surface area contributed by atoms with E-state index in [0.29, 0.717) is 16.9 Å². The van der Waals surface area contributed by atoms with Crippen molar-refractivity contribution < 1.29 is 9.90 Å². The topological polar surface area (TPSA) is 49.3 Å². The van der Waals surface area contributed by atoms with Crippen molar-refractivity contribution >= 4 is 17.7 Å². The molecule has 2 atom stereocenters. The molecule has 2 unspecified atom stereocenters. The average molecular weight is 265 g/mol. The summed E-state index contributed by atoms with van der Waals surface area (Å²) in [4.78, 5) is 12.1. The molecule has 1 saturated carbocycles. The maximum Gasteiger partial charge on any atom is 0.251 e. The Labute approximate surface area is 112 Å². The number of rotatable bonds is 3. The lowest BCUT2D eigenvalue weighted by Crippen LogP contribution is -2.33. The zero-order valence-electron chi connectivity index (χ0n) is 10.8. The fourth-order valence-electron chi connectivity index (χ4n) is 2.45. The van der Waals surface area contributed by atoms with E-state index in [1.54, 1.807) is 18.2 Å². The number of benzene rings is 1. The molecular weight excluding hydrogens is 246 g/mol. The molecule has 1 aromatic carbocycles. The van der Waals surface area contributed by atoms with Crippen LogP contribution in [0, 0.1) is 6.92 Å². The van der Waals surface area contributed by atoms with Gasteiger partial charge in [0.25, 0.3) is 5.91 Å². The molecule has 0 heterocycles. The SMILES string of the molecule is CSC1CCC(NC(=O)c2ccc(O)cc2C)C1. The number of hydrogen-bond acceptors (Lipinski definition) is 3. The Morgan fingerprint density at radius 3 is 2.83 bits per heavy atom.